The van der Waals surface area contributed by atoms with Gasteiger partial charge < -0.3 is 4.42 Å². The van der Waals surface area contributed by atoms with E-state index in [0.29, 0.717) is 18.7 Å². The monoisotopic (exact) mass is 453 g/mol. The van der Waals surface area contributed by atoms with E-state index in [9.17, 15) is 17.2 Å². The third-order valence-electron chi connectivity index (χ3n) is 4.51. The largest absolute Gasteiger partial charge is 0.411 e. The van der Waals surface area contributed by atoms with Crippen molar-refractivity contribution in [2.75, 3.05) is 13.1 Å². The van der Waals surface area contributed by atoms with Gasteiger partial charge in [0.25, 0.3) is 5.22 Å². The van der Waals surface area contributed by atoms with Crippen LogP contribution in [-0.2, 0) is 10.0 Å². The van der Waals surface area contributed by atoms with E-state index in [2.05, 4.69) is 10.2 Å². The molecule has 10 heteroatoms. The summed E-state index contributed by atoms with van der Waals surface area (Å²) in [5.41, 5.74) is 0.363. The van der Waals surface area contributed by atoms with Crippen molar-refractivity contribution in [3.05, 3.63) is 59.7 Å². The molecule has 0 fully saturated rings. The minimum atomic E-state index is -3.63. The maximum absolute atomic E-state index is 14.0. The number of rotatable bonds is 8. The summed E-state index contributed by atoms with van der Waals surface area (Å²) in [4.78, 5) is 0.123. The van der Waals surface area contributed by atoms with Crippen molar-refractivity contribution in [2.24, 2.45) is 0 Å². The molecular weight excluding hydrogens is 432 g/mol. The number of halogens is 2. The zero-order valence-electron chi connectivity index (χ0n) is 16.7. The van der Waals surface area contributed by atoms with Crippen LogP contribution < -0.4 is 0 Å². The average molecular weight is 454 g/mol. The number of sulfonamides is 1. The molecule has 1 unspecified atom stereocenters. The first-order valence-corrected chi connectivity index (χ1v) is 11.6. The van der Waals surface area contributed by atoms with Crippen molar-refractivity contribution >= 4 is 21.8 Å². The van der Waals surface area contributed by atoms with Gasteiger partial charge in [-0.25, -0.2) is 17.2 Å². The van der Waals surface area contributed by atoms with Crippen molar-refractivity contribution in [3.63, 3.8) is 0 Å². The summed E-state index contributed by atoms with van der Waals surface area (Å²) in [6.45, 7) is 5.88. The third-order valence-corrected chi connectivity index (χ3v) is 7.52. The summed E-state index contributed by atoms with van der Waals surface area (Å²) in [7, 11) is -3.63. The molecule has 30 heavy (non-hydrogen) atoms. The van der Waals surface area contributed by atoms with Crippen LogP contribution in [0.1, 0.15) is 31.6 Å². The van der Waals surface area contributed by atoms with Gasteiger partial charge >= 0.3 is 0 Å². The Morgan fingerprint density at radius 2 is 1.70 bits per heavy atom. The molecule has 0 aliphatic rings. The van der Waals surface area contributed by atoms with Crippen LogP contribution in [0.4, 0.5) is 8.78 Å². The summed E-state index contributed by atoms with van der Waals surface area (Å²) in [5.74, 6) is -1.18. The van der Waals surface area contributed by atoms with Crippen molar-refractivity contribution in [2.45, 2.75) is 36.1 Å². The molecule has 2 aromatic carbocycles. The molecule has 3 rings (SSSR count). The highest BCUT2D eigenvalue weighted by molar-refractivity contribution is 7.99. The van der Waals surface area contributed by atoms with Gasteiger partial charge in [-0.2, -0.15) is 4.31 Å². The molecule has 0 saturated heterocycles. The maximum Gasteiger partial charge on any atom is 0.277 e. The highest BCUT2D eigenvalue weighted by Gasteiger charge is 2.23. The Hall–Kier alpha value is -2.30. The summed E-state index contributed by atoms with van der Waals surface area (Å²) in [6.07, 6.45) is 0. The maximum atomic E-state index is 14.0. The fraction of sp³-hybridized carbons (Fsp3) is 0.300. The normalized spacial score (nSPS) is 13.0. The Labute approximate surface area is 178 Å². The number of hydrogen-bond acceptors (Lipinski definition) is 6. The van der Waals surface area contributed by atoms with E-state index in [-0.39, 0.29) is 21.6 Å². The fourth-order valence-electron chi connectivity index (χ4n) is 2.99. The van der Waals surface area contributed by atoms with Gasteiger partial charge in [-0.15, -0.1) is 10.2 Å². The summed E-state index contributed by atoms with van der Waals surface area (Å²) in [6, 6.07) is 9.91. The van der Waals surface area contributed by atoms with Gasteiger partial charge in [-0.05, 0) is 37.3 Å². The van der Waals surface area contributed by atoms with Gasteiger partial charge in [-0.3, -0.25) is 0 Å². The van der Waals surface area contributed by atoms with E-state index >= 15 is 0 Å². The summed E-state index contributed by atoms with van der Waals surface area (Å²) in [5, 5.41) is 7.39. The molecule has 0 bridgehead atoms. The molecule has 1 atom stereocenters. The van der Waals surface area contributed by atoms with Crippen molar-refractivity contribution in [3.8, 4) is 11.5 Å². The van der Waals surface area contributed by atoms with Gasteiger partial charge in [0.05, 0.1) is 4.90 Å². The van der Waals surface area contributed by atoms with Crippen LogP contribution in [0.5, 0.6) is 0 Å². The minimum absolute atomic E-state index is 0.0745. The van der Waals surface area contributed by atoms with E-state index in [1.165, 1.54) is 34.6 Å². The van der Waals surface area contributed by atoms with Gasteiger partial charge in [0, 0.05) is 29.5 Å². The predicted octanol–water partition coefficient (Wildman–Crippen LogP) is 4.90. The number of aromatic nitrogens is 2. The van der Waals surface area contributed by atoms with E-state index in [1.54, 1.807) is 32.9 Å². The Morgan fingerprint density at radius 1 is 1.07 bits per heavy atom. The first-order chi connectivity index (χ1) is 14.3. The Balaban J connectivity index is 1.85. The topological polar surface area (TPSA) is 76.3 Å². The highest BCUT2D eigenvalue weighted by atomic mass is 32.2. The van der Waals surface area contributed by atoms with E-state index in [0.717, 1.165) is 11.8 Å². The lowest BCUT2D eigenvalue weighted by Gasteiger charge is -2.18. The number of nitrogens with zero attached hydrogens (tertiary/aromatic N) is 3. The smallest absolute Gasteiger partial charge is 0.277 e. The highest BCUT2D eigenvalue weighted by Crippen LogP contribution is 2.37. The predicted molar refractivity (Wildman–Crippen MR) is 110 cm³/mol. The summed E-state index contributed by atoms with van der Waals surface area (Å²) < 4.78 is 60.4. The molecule has 1 aromatic heterocycles. The molecule has 0 saturated carbocycles. The van der Waals surface area contributed by atoms with Gasteiger partial charge in [0.15, 0.2) is 0 Å². The summed E-state index contributed by atoms with van der Waals surface area (Å²) >= 11 is 1.02. The first-order valence-electron chi connectivity index (χ1n) is 9.32. The van der Waals surface area contributed by atoms with Crippen LogP contribution in [0.15, 0.2) is 57.0 Å². The average Bonchev–Trinajstić information content (AvgIpc) is 3.17. The lowest BCUT2D eigenvalue weighted by molar-refractivity contribution is 0.445. The molecule has 0 aliphatic heterocycles. The molecule has 0 aliphatic carbocycles. The molecule has 6 nitrogen and oxygen atoms in total. The number of benzene rings is 2. The van der Waals surface area contributed by atoms with E-state index in [1.807, 2.05) is 0 Å². The molecule has 0 amide bonds. The molecule has 160 valence electrons. The SMILES string of the molecule is CCN(CC)S(=O)(=O)c1cccc(-c2nnc(SC(C)c3c(F)cccc3F)o2)c1. The van der Waals surface area contributed by atoms with Crippen molar-refractivity contribution < 1.29 is 21.6 Å². The van der Waals surface area contributed by atoms with Crippen LogP contribution >= 0.6 is 11.8 Å². The molecule has 0 spiro atoms. The first kappa shape index (κ1) is 22.4. The van der Waals surface area contributed by atoms with Crippen LogP contribution in [0.25, 0.3) is 11.5 Å². The van der Waals surface area contributed by atoms with Crippen LogP contribution in [-0.4, -0.2) is 36.0 Å². The fourth-order valence-corrected chi connectivity index (χ4v) is 5.35. The van der Waals surface area contributed by atoms with Gasteiger partial charge in [-0.1, -0.05) is 37.7 Å². The molecule has 0 radical (unpaired) electrons. The second kappa shape index (κ2) is 9.23. The zero-order valence-corrected chi connectivity index (χ0v) is 18.3. The van der Waals surface area contributed by atoms with Crippen molar-refractivity contribution in [1.29, 1.82) is 0 Å². The zero-order chi connectivity index (χ0) is 21.9. The van der Waals surface area contributed by atoms with Gasteiger partial charge in [0.1, 0.15) is 11.6 Å². The molecular formula is C20H21F2N3O3S2. The third kappa shape index (κ3) is 4.55. The Bertz CT molecular complexity index is 1110. The lowest BCUT2D eigenvalue weighted by atomic mass is 10.1. The quantitative estimate of drug-likeness (QED) is 0.452. The molecule has 3 aromatic rings. The van der Waals surface area contributed by atoms with Crippen LogP contribution in [0.2, 0.25) is 0 Å². The van der Waals surface area contributed by atoms with Gasteiger partial charge in [0.2, 0.25) is 15.9 Å². The minimum Gasteiger partial charge on any atom is -0.411 e. The van der Waals surface area contributed by atoms with Crippen LogP contribution in [0.3, 0.4) is 0 Å². The van der Waals surface area contributed by atoms with E-state index < -0.39 is 26.9 Å². The van der Waals surface area contributed by atoms with E-state index in [4.69, 9.17) is 4.42 Å². The number of thioether (sulfide) groups is 1. The van der Waals surface area contributed by atoms with Crippen LogP contribution in [0, 0.1) is 11.6 Å². The second-order valence-corrected chi connectivity index (χ2v) is 9.62. The van der Waals surface area contributed by atoms with Crippen molar-refractivity contribution in [1.82, 2.24) is 14.5 Å². The number of hydrogen-bond donors (Lipinski definition) is 0. The Morgan fingerprint density at radius 3 is 2.33 bits per heavy atom. The molecule has 1 heterocycles. The lowest BCUT2D eigenvalue weighted by Crippen LogP contribution is -2.30. The standard InChI is InChI=1S/C20H21F2N3O3S2/c1-4-25(5-2)30(26,27)15-9-6-8-14(12-15)19-23-24-20(28-19)29-13(3)18-16(21)10-7-11-17(18)22/h6-13H,4-5H2,1-3H3. The molecule has 0 N–H and O–H groups in total. The second-order valence-electron chi connectivity index (χ2n) is 6.39. The Kier molecular flexibility index (Phi) is 6.89.